The van der Waals surface area contributed by atoms with Crippen LogP contribution in [0.5, 0.6) is 0 Å². The third-order valence-electron chi connectivity index (χ3n) is 8.65. The highest BCUT2D eigenvalue weighted by molar-refractivity contribution is 7.89. The lowest BCUT2D eigenvalue weighted by Crippen LogP contribution is -2.54. The molecule has 5 rings (SSSR count). The Hall–Kier alpha value is -3.55. The molecular weight excluding hydrogens is 637 g/mol. The molecule has 3 unspecified atom stereocenters. The number of carbonyl (C=O) groups is 2. The normalized spacial score (nSPS) is 21.9. The lowest BCUT2D eigenvalue weighted by molar-refractivity contribution is 0.0678. The van der Waals surface area contributed by atoms with Gasteiger partial charge in [0.15, 0.2) is 0 Å². The van der Waals surface area contributed by atoms with Gasteiger partial charge in [0.1, 0.15) is 0 Å². The maximum Gasteiger partial charge on any atom is 0.407 e. The molecule has 2 bridgehead atoms. The third-order valence-corrected chi connectivity index (χ3v) is 11.6. The summed E-state index contributed by atoms with van der Waals surface area (Å²) in [6.07, 6.45) is 8.49. The molecule has 11 nitrogen and oxygen atoms in total. The minimum Gasteiger partial charge on any atom is -0.447 e. The summed E-state index contributed by atoms with van der Waals surface area (Å²) >= 11 is 1.51. The zero-order chi connectivity index (χ0) is 34.0. The third kappa shape index (κ3) is 8.68. The molecule has 0 radical (unpaired) electrons. The quantitative estimate of drug-likeness (QED) is 0.188. The van der Waals surface area contributed by atoms with E-state index >= 15 is 0 Å². The van der Waals surface area contributed by atoms with Crippen molar-refractivity contribution in [3.63, 3.8) is 0 Å². The number of thiazole rings is 1. The number of benzene rings is 1. The van der Waals surface area contributed by atoms with Gasteiger partial charge >= 0.3 is 12.1 Å². The van der Waals surface area contributed by atoms with Gasteiger partial charge in [0.05, 0.1) is 32.6 Å². The second kappa shape index (κ2) is 13.9. The van der Waals surface area contributed by atoms with Crippen molar-refractivity contribution in [1.82, 2.24) is 25.3 Å². The van der Waals surface area contributed by atoms with Crippen LogP contribution >= 0.6 is 11.3 Å². The van der Waals surface area contributed by atoms with Crippen LogP contribution in [-0.4, -0.2) is 47.7 Å². The van der Waals surface area contributed by atoms with Gasteiger partial charge in [-0.15, -0.1) is 11.3 Å². The molecule has 0 aliphatic heterocycles. The Morgan fingerprint density at radius 3 is 2.55 bits per heavy atom. The van der Waals surface area contributed by atoms with Gasteiger partial charge in [0.25, 0.3) is 0 Å². The number of alkyl carbamates (subject to hydrolysis) is 1. The zero-order valence-corrected chi connectivity index (χ0v) is 29.6. The van der Waals surface area contributed by atoms with Crippen LogP contribution in [0.2, 0.25) is 0 Å². The Morgan fingerprint density at radius 2 is 1.85 bits per heavy atom. The Balaban J connectivity index is 1.38. The van der Waals surface area contributed by atoms with E-state index in [1.807, 2.05) is 32.9 Å². The summed E-state index contributed by atoms with van der Waals surface area (Å²) in [4.78, 5) is 35.3. The average molecular weight is 683 g/mol. The van der Waals surface area contributed by atoms with Crippen molar-refractivity contribution >= 4 is 39.2 Å². The number of pyridine rings is 1. The van der Waals surface area contributed by atoms with Crippen LogP contribution in [-0.2, 0) is 14.8 Å². The van der Waals surface area contributed by atoms with Crippen LogP contribution in [0, 0.1) is 5.92 Å². The second-order valence-corrected chi connectivity index (χ2v) is 16.8. The number of amides is 3. The first kappa shape index (κ1) is 34.8. The summed E-state index contributed by atoms with van der Waals surface area (Å²) in [6, 6.07) is 9.57. The average Bonchev–Trinajstić information content (AvgIpc) is 3.45. The molecule has 2 heterocycles. The molecule has 3 amide bonds. The largest absolute Gasteiger partial charge is 0.447 e. The fourth-order valence-electron chi connectivity index (χ4n) is 6.75. The number of fused-ring (bicyclic) bond motifs is 2. The number of nitrogens with zero attached hydrogens (tertiary/aromatic N) is 2. The summed E-state index contributed by atoms with van der Waals surface area (Å²) in [5.41, 5.74) is 0.589. The van der Waals surface area contributed by atoms with E-state index in [9.17, 15) is 18.0 Å². The number of sulfonamides is 1. The molecule has 1 aromatic carbocycles. The van der Waals surface area contributed by atoms with E-state index in [1.54, 1.807) is 51.4 Å². The minimum absolute atomic E-state index is 0.0615. The molecule has 0 spiro atoms. The number of urea groups is 1. The number of hydrogen-bond acceptors (Lipinski definition) is 8. The smallest absolute Gasteiger partial charge is 0.407 e. The number of carbonyl (C=O) groups excluding carboxylic acids is 2. The molecule has 4 N–H and O–H groups in total. The van der Waals surface area contributed by atoms with Crippen molar-refractivity contribution in [2.75, 3.05) is 5.32 Å². The van der Waals surface area contributed by atoms with Crippen molar-refractivity contribution in [2.45, 2.75) is 114 Å². The summed E-state index contributed by atoms with van der Waals surface area (Å²) in [7, 11) is -3.98. The van der Waals surface area contributed by atoms with Gasteiger partial charge in [-0.2, -0.15) is 0 Å². The van der Waals surface area contributed by atoms with Gasteiger partial charge in [0, 0.05) is 40.6 Å². The first-order valence-corrected chi connectivity index (χ1v) is 18.5. The summed E-state index contributed by atoms with van der Waals surface area (Å²) in [6.45, 7) is 10.9. The van der Waals surface area contributed by atoms with Gasteiger partial charge < -0.3 is 20.7 Å². The van der Waals surface area contributed by atoms with E-state index in [1.165, 1.54) is 17.4 Å². The first-order chi connectivity index (χ1) is 22.1. The monoisotopic (exact) mass is 682 g/mol. The highest BCUT2D eigenvalue weighted by Gasteiger charge is 2.46. The molecule has 3 aromatic rings. The van der Waals surface area contributed by atoms with Crippen LogP contribution in [0.15, 0.2) is 53.7 Å². The van der Waals surface area contributed by atoms with Crippen molar-refractivity contribution < 1.29 is 22.7 Å². The van der Waals surface area contributed by atoms with E-state index in [2.05, 4.69) is 25.7 Å². The molecule has 47 heavy (non-hydrogen) atoms. The summed E-state index contributed by atoms with van der Waals surface area (Å²) in [5.74, 6) is 0.587. The van der Waals surface area contributed by atoms with Crippen molar-refractivity contribution in [3.05, 3.63) is 59.5 Å². The molecule has 13 heteroatoms. The molecule has 2 fully saturated rings. The molecule has 254 valence electrons. The van der Waals surface area contributed by atoms with Crippen molar-refractivity contribution in [1.29, 1.82) is 0 Å². The number of rotatable bonds is 9. The lowest BCUT2D eigenvalue weighted by atomic mass is 9.63. The van der Waals surface area contributed by atoms with Crippen LogP contribution in [0.25, 0.3) is 10.4 Å². The highest BCUT2D eigenvalue weighted by Crippen LogP contribution is 2.51. The van der Waals surface area contributed by atoms with Crippen LogP contribution < -0.4 is 20.7 Å². The Morgan fingerprint density at radius 1 is 1.06 bits per heavy atom. The predicted molar refractivity (Wildman–Crippen MR) is 184 cm³/mol. The van der Waals surface area contributed by atoms with Crippen molar-refractivity contribution in [2.24, 2.45) is 5.92 Å². The van der Waals surface area contributed by atoms with Crippen molar-refractivity contribution in [3.8, 4) is 10.4 Å². The molecule has 0 saturated heterocycles. The minimum atomic E-state index is -3.98. The first-order valence-electron chi connectivity index (χ1n) is 16.2. The van der Waals surface area contributed by atoms with Gasteiger partial charge in [-0.05, 0) is 104 Å². The maximum atomic E-state index is 13.8. The highest BCUT2D eigenvalue weighted by atomic mass is 32.2. The summed E-state index contributed by atoms with van der Waals surface area (Å²) in [5, 5.41) is 9.80. The molecular formula is C34H46N6O5S2. The summed E-state index contributed by atoms with van der Waals surface area (Å²) < 4.78 is 35.7. The molecule has 2 aliphatic carbocycles. The number of hydrogen-bond donors (Lipinski definition) is 4. The number of ether oxygens (including phenoxy) is 1. The van der Waals surface area contributed by atoms with E-state index in [0.717, 1.165) is 48.4 Å². The van der Waals surface area contributed by atoms with Gasteiger partial charge in [-0.1, -0.05) is 18.6 Å². The second-order valence-electron chi connectivity index (χ2n) is 14.1. The number of aromatic nitrogens is 2. The predicted octanol–water partition coefficient (Wildman–Crippen LogP) is 7.11. The van der Waals surface area contributed by atoms with E-state index in [0.29, 0.717) is 22.9 Å². The van der Waals surface area contributed by atoms with Gasteiger partial charge in [-0.3, -0.25) is 4.98 Å². The maximum absolute atomic E-state index is 13.8. The fraction of sp³-hybridized carbons (Fsp3) is 0.529. The zero-order valence-electron chi connectivity index (χ0n) is 27.9. The van der Waals surface area contributed by atoms with E-state index in [4.69, 9.17) is 9.72 Å². The van der Waals surface area contributed by atoms with Crippen LogP contribution in [0.4, 0.5) is 15.3 Å². The van der Waals surface area contributed by atoms with Crippen LogP contribution in [0.1, 0.15) is 103 Å². The van der Waals surface area contributed by atoms with E-state index in [-0.39, 0.29) is 34.6 Å². The van der Waals surface area contributed by atoms with Crippen LogP contribution in [0.3, 0.4) is 0 Å². The molecule has 2 aromatic heterocycles. The molecule has 4 atom stereocenters. The topological polar surface area (TPSA) is 151 Å². The number of nitrogens with one attached hydrogen (secondary N) is 4. The SMILES string of the molecule is CC(C)OC(=O)NC12CCCC(C1)C(c1ncc(-c3ccc(NC(=O)N[C@@H](C)c4ccccn4)cc3S(=O)(=O)NC(C)(C)C)s1)CC2. The Labute approximate surface area is 281 Å². The van der Waals surface area contributed by atoms with Gasteiger partial charge in [0.2, 0.25) is 10.0 Å². The fourth-order valence-corrected chi connectivity index (χ4v) is 9.66. The van der Waals surface area contributed by atoms with E-state index < -0.39 is 21.6 Å². The van der Waals surface area contributed by atoms with Gasteiger partial charge in [-0.25, -0.2) is 27.7 Å². The lowest BCUT2D eigenvalue weighted by Gasteiger charge is -2.48. The Bertz CT molecular complexity index is 1690. The Kier molecular flexibility index (Phi) is 10.3. The number of anilines is 1. The molecule has 2 saturated carbocycles. The standard InChI is InChI=1S/C34H46N6O5S2/c1-21(2)45-32(42)39-34-15-9-10-23(19-34)25(14-16-34)30-36-20-28(46-30)26-13-12-24(18-29(26)47(43,44)40-33(4,5)6)38-31(41)37-22(3)27-11-7-8-17-35-27/h7-8,11-13,17-18,20-23,25,40H,9-10,14-16,19H2,1-6H3,(H,39,42)(H2,37,38,41)/t22-,23?,25?,34?/m0/s1. The molecule has 2 aliphatic rings.